The van der Waals surface area contributed by atoms with E-state index in [4.69, 9.17) is 9.47 Å². The van der Waals surface area contributed by atoms with Crippen molar-refractivity contribution in [2.45, 2.75) is 26.2 Å². The molecule has 0 amide bonds. The van der Waals surface area contributed by atoms with E-state index in [0.29, 0.717) is 0 Å². The average Bonchev–Trinajstić information content (AvgIpc) is 2.16. The number of rotatable bonds is 5. The summed E-state index contributed by atoms with van der Waals surface area (Å²) >= 11 is 0. The molecule has 0 aromatic carbocycles. The van der Waals surface area contributed by atoms with E-state index in [1.54, 1.807) is 13.8 Å². The number of hydrogen-bond donors (Lipinski definition) is 1. The van der Waals surface area contributed by atoms with Gasteiger partial charge in [-0.3, -0.25) is 0 Å². The molecule has 0 heterocycles. The number of carbonyl (C=O) groups excluding carboxylic acids is 1. The molecule has 0 bridgehead atoms. The van der Waals surface area contributed by atoms with E-state index in [-0.39, 0.29) is 0 Å². The third kappa shape index (κ3) is 2.67. The number of esters is 1. The molecule has 0 spiro atoms. The van der Waals surface area contributed by atoms with Crippen LogP contribution in [0.2, 0.25) is 0 Å². The highest BCUT2D eigenvalue weighted by atomic mass is 16.7. The first-order valence-corrected chi connectivity index (χ1v) is 4.23. The Labute approximate surface area is 84.0 Å². The maximum atomic E-state index is 11.1. The number of ether oxygens (including phenoxy) is 3. The fourth-order valence-electron chi connectivity index (χ4n) is 1.25. The SMILES string of the molecule is COC(=O)C(O)C(C)(C)C(OC)OC. The van der Waals surface area contributed by atoms with Gasteiger partial charge >= 0.3 is 5.97 Å². The maximum absolute atomic E-state index is 11.1. The first kappa shape index (κ1) is 13.4. The number of carbonyl (C=O) groups is 1. The molecule has 0 aromatic heterocycles. The van der Waals surface area contributed by atoms with Gasteiger partial charge in [-0.05, 0) is 0 Å². The smallest absolute Gasteiger partial charge is 0.335 e. The van der Waals surface area contributed by atoms with Crippen molar-refractivity contribution >= 4 is 5.97 Å². The van der Waals surface area contributed by atoms with Crippen molar-refractivity contribution in [2.24, 2.45) is 5.41 Å². The van der Waals surface area contributed by atoms with E-state index in [2.05, 4.69) is 4.74 Å². The minimum absolute atomic E-state index is 0.670. The zero-order valence-corrected chi connectivity index (χ0v) is 9.23. The Bertz CT molecular complexity index is 186. The molecule has 0 aliphatic rings. The van der Waals surface area contributed by atoms with Crippen LogP contribution >= 0.6 is 0 Å². The van der Waals surface area contributed by atoms with Crippen LogP contribution in [0, 0.1) is 5.41 Å². The summed E-state index contributed by atoms with van der Waals surface area (Å²) in [5, 5.41) is 9.64. The monoisotopic (exact) mass is 206 g/mol. The van der Waals surface area contributed by atoms with Crippen LogP contribution in [0.4, 0.5) is 0 Å². The zero-order valence-electron chi connectivity index (χ0n) is 9.23. The summed E-state index contributed by atoms with van der Waals surface area (Å²) in [6.07, 6.45) is -1.95. The molecule has 0 radical (unpaired) electrons. The van der Waals surface area contributed by atoms with Crippen LogP contribution in [0.15, 0.2) is 0 Å². The minimum Gasteiger partial charge on any atom is -0.467 e. The largest absolute Gasteiger partial charge is 0.467 e. The van der Waals surface area contributed by atoms with Gasteiger partial charge in [0.2, 0.25) is 0 Å². The molecular weight excluding hydrogens is 188 g/mol. The Kier molecular flexibility index (Phi) is 5.04. The minimum atomic E-state index is -1.28. The maximum Gasteiger partial charge on any atom is 0.335 e. The number of aliphatic hydroxyl groups excluding tert-OH is 1. The highest BCUT2D eigenvalue weighted by Gasteiger charge is 2.42. The molecule has 84 valence electrons. The van der Waals surface area contributed by atoms with Crippen molar-refractivity contribution in [2.75, 3.05) is 21.3 Å². The van der Waals surface area contributed by atoms with Gasteiger partial charge in [-0.1, -0.05) is 13.8 Å². The van der Waals surface area contributed by atoms with E-state index >= 15 is 0 Å². The zero-order chi connectivity index (χ0) is 11.4. The number of aliphatic hydroxyl groups is 1. The lowest BCUT2D eigenvalue weighted by Crippen LogP contribution is -2.47. The summed E-state index contributed by atoms with van der Waals surface area (Å²) in [6.45, 7) is 3.32. The standard InChI is InChI=1S/C9H18O5/c1-9(2,8(13-4)14-5)6(10)7(11)12-3/h6,8,10H,1-5H3. The van der Waals surface area contributed by atoms with Crippen molar-refractivity contribution < 1.29 is 24.1 Å². The van der Waals surface area contributed by atoms with Crippen molar-refractivity contribution in [3.8, 4) is 0 Å². The van der Waals surface area contributed by atoms with Gasteiger partial charge < -0.3 is 19.3 Å². The van der Waals surface area contributed by atoms with Crippen LogP contribution in [0.1, 0.15) is 13.8 Å². The number of methoxy groups -OCH3 is 3. The summed E-state index contributed by atoms with van der Waals surface area (Å²) in [6, 6.07) is 0. The molecule has 5 heteroatoms. The predicted octanol–water partition coefficient (Wildman–Crippen LogP) is 0.165. The van der Waals surface area contributed by atoms with Crippen LogP contribution in [-0.4, -0.2) is 44.8 Å². The lowest BCUT2D eigenvalue weighted by molar-refractivity contribution is -0.206. The second-order valence-electron chi connectivity index (χ2n) is 3.55. The van der Waals surface area contributed by atoms with E-state index in [1.807, 2.05) is 0 Å². The Balaban J connectivity index is 4.65. The Morgan fingerprint density at radius 3 is 1.93 bits per heavy atom. The van der Waals surface area contributed by atoms with E-state index < -0.39 is 23.8 Å². The van der Waals surface area contributed by atoms with Gasteiger partial charge in [-0.15, -0.1) is 0 Å². The average molecular weight is 206 g/mol. The first-order valence-electron chi connectivity index (χ1n) is 4.23. The normalized spacial score (nSPS) is 14.2. The van der Waals surface area contributed by atoms with Crippen LogP contribution in [0.5, 0.6) is 0 Å². The predicted molar refractivity (Wildman–Crippen MR) is 49.6 cm³/mol. The molecule has 0 fully saturated rings. The lowest BCUT2D eigenvalue weighted by atomic mass is 9.85. The molecular formula is C9H18O5. The fourth-order valence-corrected chi connectivity index (χ4v) is 1.25. The second kappa shape index (κ2) is 5.29. The summed E-state index contributed by atoms with van der Waals surface area (Å²) in [5.74, 6) is -0.700. The third-order valence-electron chi connectivity index (χ3n) is 2.16. The van der Waals surface area contributed by atoms with Crippen LogP contribution < -0.4 is 0 Å². The molecule has 1 N–H and O–H groups in total. The molecule has 0 saturated carbocycles. The summed E-state index contributed by atoms with van der Waals surface area (Å²) in [4.78, 5) is 11.1. The summed E-state index contributed by atoms with van der Waals surface area (Å²) in [5.41, 5.74) is -0.864. The first-order chi connectivity index (χ1) is 6.41. The van der Waals surface area contributed by atoms with Crippen molar-refractivity contribution in [1.29, 1.82) is 0 Å². The van der Waals surface area contributed by atoms with E-state index in [9.17, 15) is 9.90 Å². The quantitative estimate of drug-likeness (QED) is 0.513. The topological polar surface area (TPSA) is 65.0 Å². The Morgan fingerprint density at radius 2 is 1.64 bits per heavy atom. The Hall–Kier alpha value is -0.650. The van der Waals surface area contributed by atoms with Gasteiger partial charge in [0.05, 0.1) is 12.5 Å². The van der Waals surface area contributed by atoms with Crippen molar-refractivity contribution in [3.05, 3.63) is 0 Å². The van der Waals surface area contributed by atoms with Gasteiger partial charge in [0.25, 0.3) is 0 Å². The Morgan fingerprint density at radius 1 is 1.21 bits per heavy atom. The molecule has 0 aromatic rings. The van der Waals surface area contributed by atoms with Crippen molar-refractivity contribution in [1.82, 2.24) is 0 Å². The van der Waals surface area contributed by atoms with Gasteiger partial charge in [0.1, 0.15) is 0 Å². The molecule has 0 aliphatic carbocycles. The second-order valence-corrected chi connectivity index (χ2v) is 3.55. The highest BCUT2D eigenvalue weighted by molar-refractivity contribution is 5.75. The summed E-state index contributed by atoms with van der Waals surface area (Å²) in [7, 11) is 4.11. The molecule has 0 aliphatic heterocycles. The van der Waals surface area contributed by atoms with Crippen LogP contribution in [0.3, 0.4) is 0 Å². The molecule has 0 rings (SSSR count). The molecule has 1 unspecified atom stereocenters. The fraction of sp³-hybridized carbons (Fsp3) is 0.889. The van der Waals surface area contributed by atoms with Crippen molar-refractivity contribution in [3.63, 3.8) is 0 Å². The van der Waals surface area contributed by atoms with Crippen LogP contribution in [-0.2, 0) is 19.0 Å². The van der Waals surface area contributed by atoms with Gasteiger partial charge in [0.15, 0.2) is 12.4 Å². The van der Waals surface area contributed by atoms with E-state index in [0.717, 1.165) is 0 Å². The van der Waals surface area contributed by atoms with Gasteiger partial charge in [-0.2, -0.15) is 0 Å². The molecule has 5 nitrogen and oxygen atoms in total. The summed E-state index contributed by atoms with van der Waals surface area (Å²) < 4.78 is 14.4. The van der Waals surface area contributed by atoms with Gasteiger partial charge in [-0.25, -0.2) is 4.79 Å². The molecule has 14 heavy (non-hydrogen) atoms. The third-order valence-corrected chi connectivity index (χ3v) is 2.16. The molecule has 1 atom stereocenters. The van der Waals surface area contributed by atoms with Gasteiger partial charge in [0, 0.05) is 14.2 Å². The van der Waals surface area contributed by atoms with E-state index in [1.165, 1.54) is 21.3 Å². The van der Waals surface area contributed by atoms with Crippen LogP contribution in [0.25, 0.3) is 0 Å². The highest BCUT2D eigenvalue weighted by Crippen LogP contribution is 2.28. The number of hydrogen-bond acceptors (Lipinski definition) is 5. The molecule has 0 saturated heterocycles. The lowest BCUT2D eigenvalue weighted by Gasteiger charge is -2.34.